The Labute approximate surface area is 120 Å². The first-order chi connectivity index (χ1) is 9.37. The van der Waals surface area contributed by atoms with Gasteiger partial charge in [0.25, 0.3) is 0 Å². The lowest BCUT2D eigenvalue weighted by Gasteiger charge is -2.34. The Hall–Kier alpha value is -0.860. The van der Waals surface area contributed by atoms with Crippen molar-refractivity contribution in [3.8, 4) is 0 Å². The molecule has 2 unspecified atom stereocenters. The number of nitrogens with zero attached hydrogens (tertiary/aromatic N) is 1. The van der Waals surface area contributed by atoms with Crippen LogP contribution in [-0.2, 0) is 14.9 Å². The Morgan fingerprint density at radius 1 is 1.15 bits per heavy atom. The van der Waals surface area contributed by atoms with E-state index in [1.807, 2.05) is 13.8 Å². The van der Waals surface area contributed by atoms with Crippen molar-refractivity contribution in [1.29, 1.82) is 0 Å². The first-order valence-corrected chi connectivity index (χ1v) is 8.54. The van der Waals surface area contributed by atoms with Gasteiger partial charge in [-0.15, -0.1) is 0 Å². The highest BCUT2D eigenvalue weighted by molar-refractivity contribution is 7.87. The molecule has 2 N–H and O–H groups in total. The fourth-order valence-electron chi connectivity index (χ4n) is 2.79. The smallest absolute Gasteiger partial charge is 0.329 e. The van der Waals surface area contributed by atoms with Crippen LogP contribution < -0.4 is 10.0 Å². The minimum absolute atomic E-state index is 0.0905. The van der Waals surface area contributed by atoms with Crippen LogP contribution in [0.3, 0.4) is 0 Å². The lowest BCUT2D eigenvalue weighted by Crippen LogP contribution is -2.55. The number of amides is 2. The number of hydrogen-bond donors (Lipinski definition) is 2. The van der Waals surface area contributed by atoms with Crippen LogP contribution in [0.1, 0.15) is 39.5 Å². The van der Waals surface area contributed by atoms with E-state index < -0.39 is 16.2 Å². The molecule has 2 fully saturated rings. The molecule has 2 aliphatic rings. The van der Waals surface area contributed by atoms with Crippen molar-refractivity contribution >= 4 is 16.2 Å². The van der Waals surface area contributed by atoms with E-state index in [2.05, 4.69) is 10.0 Å². The summed E-state index contributed by atoms with van der Waals surface area (Å²) >= 11 is 0. The quantitative estimate of drug-likeness (QED) is 0.798. The predicted octanol–water partition coefficient (Wildman–Crippen LogP) is 0.582. The van der Waals surface area contributed by atoms with Gasteiger partial charge in [0.1, 0.15) is 0 Å². The van der Waals surface area contributed by atoms with Crippen LogP contribution in [0.5, 0.6) is 0 Å². The molecule has 2 amide bonds. The second-order valence-corrected chi connectivity index (χ2v) is 7.31. The molecule has 8 heteroatoms. The van der Waals surface area contributed by atoms with E-state index in [1.54, 1.807) is 0 Å². The van der Waals surface area contributed by atoms with Crippen molar-refractivity contribution in [2.45, 2.75) is 57.8 Å². The molecule has 7 nitrogen and oxygen atoms in total. The molecule has 0 radical (unpaired) electrons. The van der Waals surface area contributed by atoms with Crippen LogP contribution in [0.15, 0.2) is 0 Å². The Bertz CT molecular complexity index is 438. The van der Waals surface area contributed by atoms with E-state index in [0.717, 1.165) is 25.7 Å². The predicted molar refractivity (Wildman–Crippen MR) is 74.4 cm³/mol. The molecule has 20 heavy (non-hydrogen) atoms. The number of rotatable bonds is 3. The topological polar surface area (TPSA) is 87.7 Å². The van der Waals surface area contributed by atoms with E-state index in [9.17, 15) is 13.2 Å². The van der Waals surface area contributed by atoms with Gasteiger partial charge in [0.15, 0.2) is 0 Å². The standard InChI is InChI=1S/C12H23N3O4S/c1-9-7-15(8-10(2)19-9)20(17,18)14-12(16)13-11-5-3-4-6-11/h9-11H,3-8H2,1-2H3,(H2,13,14,16). The van der Waals surface area contributed by atoms with E-state index >= 15 is 0 Å². The minimum Gasteiger partial charge on any atom is -0.373 e. The number of morpholine rings is 1. The number of hydrogen-bond acceptors (Lipinski definition) is 4. The van der Waals surface area contributed by atoms with Gasteiger partial charge in [0.05, 0.1) is 12.2 Å². The third-order valence-electron chi connectivity index (χ3n) is 3.64. The summed E-state index contributed by atoms with van der Waals surface area (Å²) in [7, 11) is -3.80. The van der Waals surface area contributed by atoms with E-state index in [1.165, 1.54) is 4.31 Å². The molecule has 1 heterocycles. The summed E-state index contributed by atoms with van der Waals surface area (Å²) in [6.07, 6.45) is 3.64. The number of urea groups is 1. The zero-order valence-electron chi connectivity index (χ0n) is 12.0. The molecule has 1 saturated carbocycles. The van der Waals surface area contributed by atoms with E-state index in [0.29, 0.717) is 0 Å². The van der Waals surface area contributed by atoms with E-state index in [-0.39, 0.29) is 31.3 Å². The maximum atomic E-state index is 12.2. The van der Waals surface area contributed by atoms with Crippen LogP contribution in [0.25, 0.3) is 0 Å². The van der Waals surface area contributed by atoms with Crippen LogP contribution in [-0.4, -0.2) is 50.1 Å². The first-order valence-electron chi connectivity index (χ1n) is 7.10. The fourth-order valence-corrected chi connectivity index (χ4v) is 4.03. The van der Waals surface area contributed by atoms with Gasteiger partial charge in [0.2, 0.25) is 0 Å². The molecule has 0 spiro atoms. The largest absolute Gasteiger partial charge is 0.373 e. The summed E-state index contributed by atoms with van der Waals surface area (Å²) in [5.74, 6) is 0. The second kappa shape index (κ2) is 6.28. The Kier molecular flexibility index (Phi) is 4.87. The van der Waals surface area contributed by atoms with Gasteiger partial charge >= 0.3 is 16.2 Å². The van der Waals surface area contributed by atoms with Crippen molar-refractivity contribution in [1.82, 2.24) is 14.3 Å². The van der Waals surface area contributed by atoms with Crippen molar-refractivity contribution in [3.05, 3.63) is 0 Å². The second-order valence-electron chi connectivity index (χ2n) is 5.64. The SMILES string of the molecule is CC1CN(S(=O)(=O)NC(=O)NC2CCCC2)CC(C)O1. The molecular weight excluding hydrogens is 282 g/mol. The van der Waals surface area contributed by atoms with Gasteiger partial charge in [-0.2, -0.15) is 12.7 Å². The van der Waals surface area contributed by atoms with Crippen molar-refractivity contribution in [3.63, 3.8) is 0 Å². The van der Waals surface area contributed by atoms with Crippen molar-refractivity contribution in [2.75, 3.05) is 13.1 Å². The van der Waals surface area contributed by atoms with Gasteiger partial charge in [-0.05, 0) is 26.7 Å². The third-order valence-corrected chi connectivity index (χ3v) is 5.06. The Balaban J connectivity index is 1.90. The summed E-state index contributed by atoms with van der Waals surface area (Å²) in [6, 6.07) is -0.545. The van der Waals surface area contributed by atoms with Crippen LogP contribution >= 0.6 is 0 Å². The number of carbonyl (C=O) groups is 1. The lowest BCUT2D eigenvalue weighted by molar-refractivity contribution is -0.0443. The highest BCUT2D eigenvalue weighted by Crippen LogP contribution is 2.17. The van der Waals surface area contributed by atoms with Crippen LogP contribution in [0, 0.1) is 0 Å². The van der Waals surface area contributed by atoms with Crippen LogP contribution in [0.2, 0.25) is 0 Å². The van der Waals surface area contributed by atoms with Gasteiger partial charge in [-0.25, -0.2) is 9.52 Å². The molecular formula is C12H23N3O4S. The average Bonchev–Trinajstić information content (AvgIpc) is 2.79. The highest BCUT2D eigenvalue weighted by atomic mass is 32.2. The highest BCUT2D eigenvalue weighted by Gasteiger charge is 2.32. The Morgan fingerprint density at radius 2 is 1.70 bits per heavy atom. The molecule has 1 aliphatic heterocycles. The zero-order chi connectivity index (χ0) is 14.8. The summed E-state index contributed by atoms with van der Waals surface area (Å²) in [4.78, 5) is 11.8. The fraction of sp³-hybridized carbons (Fsp3) is 0.917. The summed E-state index contributed by atoms with van der Waals surface area (Å²) in [5.41, 5.74) is 0. The first kappa shape index (κ1) is 15.5. The summed E-state index contributed by atoms with van der Waals surface area (Å²) in [5, 5.41) is 2.71. The van der Waals surface area contributed by atoms with E-state index in [4.69, 9.17) is 4.74 Å². The molecule has 0 aromatic heterocycles. The number of ether oxygens (including phenoxy) is 1. The zero-order valence-corrected chi connectivity index (χ0v) is 12.8. The normalized spacial score (nSPS) is 29.3. The summed E-state index contributed by atoms with van der Waals surface area (Å²) in [6.45, 7) is 4.15. The molecule has 1 aliphatic carbocycles. The molecule has 0 aromatic carbocycles. The number of carbonyl (C=O) groups excluding carboxylic acids is 1. The third kappa shape index (κ3) is 4.07. The van der Waals surface area contributed by atoms with Gasteiger partial charge in [-0.3, -0.25) is 0 Å². The lowest BCUT2D eigenvalue weighted by atomic mass is 10.3. The molecule has 1 saturated heterocycles. The maximum absolute atomic E-state index is 12.2. The maximum Gasteiger partial charge on any atom is 0.329 e. The molecule has 116 valence electrons. The average molecular weight is 305 g/mol. The molecule has 2 rings (SSSR count). The van der Waals surface area contributed by atoms with Crippen LogP contribution in [0.4, 0.5) is 4.79 Å². The van der Waals surface area contributed by atoms with Gasteiger partial charge < -0.3 is 10.1 Å². The molecule has 0 bridgehead atoms. The minimum atomic E-state index is -3.80. The van der Waals surface area contributed by atoms with Crippen molar-refractivity contribution in [2.24, 2.45) is 0 Å². The Morgan fingerprint density at radius 3 is 2.25 bits per heavy atom. The molecule has 0 aromatic rings. The van der Waals surface area contributed by atoms with Gasteiger partial charge in [0, 0.05) is 19.1 Å². The van der Waals surface area contributed by atoms with Gasteiger partial charge in [-0.1, -0.05) is 12.8 Å². The van der Waals surface area contributed by atoms with Crippen molar-refractivity contribution < 1.29 is 17.9 Å². The molecule has 2 atom stereocenters. The number of nitrogens with one attached hydrogen (secondary N) is 2. The monoisotopic (exact) mass is 305 g/mol. The summed E-state index contributed by atoms with van der Waals surface area (Å²) < 4.78 is 33.2.